The number of rotatable bonds is 4. The van der Waals surface area contributed by atoms with Crippen molar-refractivity contribution in [1.29, 1.82) is 0 Å². The minimum absolute atomic E-state index is 0.0634. The molecule has 1 aromatic heterocycles. The first-order chi connectivity index (χ1) is 20.1. The smallest absolute Gasteiger partial charge is 0.375 e. The van der Waals surface area contributed by atoms with Gasteiger partial charge in [-0.2, -0.15) is 21.6 Å². The van der Waals surface area contributed by atoms with E-state index in [4.69, 9.17) is 4.18 Å². The fourth-order valence-electron chi connectivity index (χ4n) is 5.15. The van der Waals surface area contributed by atoms with Crippen molar-refractivity contribution >= 4 is 59.2 Å². The van der Waals surface area contributed by atoms with Crippen LogP contribution in [0.3, 0.4) is 0 Å². The number of hydrogen-bond donors (Lipinski definition) is 1. The number of nitro groups is 1. The average Bonchev–Trinajstić information content (AvgIpc) is 3.01. The monoisotopic (exact) mass is 588 g/mol. The lowest BCUT2D eigenvalue weighted by atomic mass is 9.98. The van der Waals surface area contributed by atoms with Crippen LogP contribution in [-0.4, -0.2) is 23.8 Å². The molecule has 0 bridgehead atoms. The number of benzene rings is 5. The predicted octanol–water partition coefficient (Wildman–Crippen LogP) is 8.56. The summed E-state index contributed by atoms with van der Waals surface area (Å²) in [5.74, 6) is -0.548. The number of H-pyrrole nitrogens is 1. The summed E-state index contributed by atoms with van der Waals surface area (Å²) >= 11 is 0. The molecule has 0 spiro atoms. The number of aromatic amines is 1. The highest BCUT2D eigenvalue weighted by Crippen LogP contribution is 2.41. The van der Waals surface area contributed by atoms with Crippen molar-refractivity contribution in [3.8, 4) is 16.9 Å². The Labute approximate surface area is 236 Å². The zero-order chi connectivity index (χ0) is 29.6. The lowest BCUT2D eigenvalue weighted by Gasteiger charge is -2.13. The Morgan fingerprint density at radius 2 is 1.24 bits per heavy atom. The Morgan fingerprint density at radius 3 is 1.93 bits per heavy atom. The van der Waals surface area contributed by atoms with Crippen molar-refractivity contribution < 1.29 is 30.7 Å². The molecule has 0 aliphatic rings. The summed E-state index contributed by atoms with van der Waals surface area (Å²) in [5, 5.41) is 14.4. The van der Waals surface area contributed by atoms with Gasteiger partial charge < -0.3 is 9.17 Å². The largest absolute Gasteiger partial charge is 0.534 e. The van der Waals surface area contributed by atoms with Crippen molar-refractivity contribution in [3.63, 3.8) is 0 Å². The first-order valence-electron chi connectivity index (χ1n) is 12.5. The highest BCUT2D eigenvalue weighted by Gasteiger charge is 2.48. The molecule has 0 aliphatic carbocycles. The molecule has 42 heavy (non-hydrogen) atoms. The fourth-order valence-corrected chi connectivity index (χ4v) is 5.62. The van der Waals surface area contributed by atoms with Crippen LogP contribution in [0.15, 0.2) is 109 Å². The number of fused-ring (bicyclic) bond motifs is 7. The number of alkyl halides is 3. The van der Waals surface area contributed by atoms with Gasteiger partial charge in [0.1, 0.15) is 5.52 Å². The topological polar surface area (TPSA) is 102 Å². The summed E-state index contributed by atoms with van der Waals surface area (Å²) in [6.45, 7) is 0. The molecule has 1 heterocycles. The molecule has 0 saturated carbocycles. The van der Waals surface area contributed by atoms with E-state index in [-0.39, 0.29) is 22.0 Å². The maximum absolute atomic E-state index is 13.5. The molecule has 0 atom stereocenters. The summed E-state index contributed by atoms with van der Waals surface area (Å²) in [5.41, 5.74) is -4.13. The standard InChI is InChI=1S/C31H19F3N2O5S/c32-31(33,34)42(39,40)41-27-18-8-14-23-21-11-4-5-12-22(21)24-15-7-17-26(36(37)38)30(24)35-29-20(19-9-2-1-3-10-19)13-6-16-25(29)28(23)27/h1-18,35H. The van der Waals surface area contributed by atoms with Gasteiger partial charge in [0.2, 0.25) is 0 Å². The van der Waals surface area contributed by atoms with Crippen LogP contribution < -0.4 is 4.18 Å². The van der Waals surface area contributed by atoms with E-state index >= 15 is 0 Å². The van der Waals surface area contributed by atoms with Crippen LogP contribution in [0, 0.1) is 10.1 Å². The van der Waals surface area contributed by atoms with Crippen molar-refractivity contribution in [2.24, 2.45) is 0 Å². The SMILES string of the molecule is O=[N+]([O-])c1cccc2c1[nH]c1c(-c3ccccc3)cccc1c1c(OS(=O)(=O)C(F)(F)F)cccc1c1ccccc21. The Kier molecular flexibility index (Phi) is 6.46. The van der Waals surface area contributed by atoms with Gasteiger partial charge in [-0.25, -0.2) is 0 Å². The van der Waals surface area contributed by atoms with Crippen molar-refractivity contribution in [2.45, 2.75) is 5.51 Å². The van der Waals surface area contributed by atoms with Gasteiger partial charge in [0.15, 0.2) is 5.75 Å². The summed E-state index contributed by atoms with van der Waals surface area (Å²) in [6, 6.07) is 29.8. The van der Waals surface area contributed by atoms with E-state index in [2.05, 4.69) is 4.98 Å². The number of non-ortho nitro benzene ring substituents is 1. The van der Waals surface area contributed by atoms with Gasteiger partial charge in [-0.15, -0.1) is 0 Å². The molecular weight excluding hydrogens is 569 g/mol. The van der Waals surface area contributed by atoms with E-state index in [0.29, 0.717) is 38.2 Å². The van der Waals surface area contributed by atoms with Crippen molar-refractivity contribution in [1.82, 2.24) is 4.98 Å². The molecule has 0 fully saturated rings. The molecule has 0 amide bonds. The highest BCUT2D eigenvalue weighted by molar-refractivity contribution is 7.88. The van der Waals surface area contributed by atoms with E-state index in [1.54, 1.807) is 72.8 Å². The number of nitro benzene ring substituents is 1. The van der Waals surface area contributed by atoms with E-state index in [0.717, 1.165) is 6.07 Å². The molecule has 5 aromatic carbocycles. The van der Waals surface area contributed by atoms with Crippen LogP contribution in [0.1, 0.15) is 0 Å². The predicted molar refractivity (Wildman–Crippen MR) is 156 cm³/mol. The Morgan fingerprint density at radius 1 is 0.667 bits per heavy atom. The third kappa shape index (κ3) is 4.53. The minimum Gasteiger partial charge on any atom is -0.375 e. The third-order valence-corrected chi connectivity index (χ3v) is 7.89. The van der Waals surface area contributed by atoms with Crippen molar-refractivity contribution in [3.05, 3.63) is 119 Å². The van der Waals surface area contributed by atoms with Gasteiger partial charge in [-0.05, 0) is 27.8 Å². The second-order valence-corrected chi connectivity index (χ2v) is 10.9. The number of aromatic nitrogens is 1. The van der Waals surface area contributed by atoms with Gasteiger partial charge in [0.05, 0.1) is 10.4 Å². The molecule has 210 valence electrons. The van der Waals surface area contributed by atoms with Crippen LogP contribution in [0.2, 0.25) is 0 Å². The fraction of sp³-hybridized carbons (Fsp3) is 0.0323. The molecular formula is C31H19F3N2O5S. The second-order valence-electron chi connectivity index (χ2n) is 9.38. The van der Waals surface area contributed by atoms with Crippen LogP contribution in [-0.2, 0) is 10.1 Å². The van der Waals surface area contributed by atoms with Gasteiger partial charge in [-0.1, -0.05) is 97.1 Å². The quantitative estimate of drug-likeness (QED) is 0.0962. The van der Waals surface area contributed by atoms with Gasteiger partial charge in [-0.3, -0.25) is 10.1 Å². The van der Waals surface area contributed by atoms with E-state index < -0.39 is 26.3 Å². The van der Waals surface area contributed by atoms with Gasteiger partial charge >= 0.3 is 15.6 Å². The Balaban J connectivity index is 1.97. The zero-order valence-corrected chi connectivity index (χ0v) is 22.2. The first kappa shape index (κ1) is 27.0. The van der Waals surface area contributed by atoms with Crippen LogP contribution in [0.4, 0.5) is 18.9 Å². The Bertz CT molecular complexity index is 2210. The molecule has 0 radical (unpaired) electrons. The minimum atomic E-state index is -6.04. The van der Waals surface area contributed by atoms with Crippen molar-refractivity contribution in [2.75, 3.05) is 0 Å². The lowest BCUT2D eigenvalue weighted by Crippen LogP contribution is -2.28. The summed E-state index contributed by atoms with van der Waals surface area (Å²) in [4.78, 5) is 14.9. The van der Waals surface area contributed by atoms with Gasteiger partial charge in [0.25, 0.3) is 5.69 Å². The summed E-state index contributed by atoms with van der Waals surface area (Å²) in [7, 11) is -6.04. The highest BCUT2D eigenvalue weighted by atomic mass is 32.2. The summed E-state index contributed by atoms with van der Waals surface area (Å²) in [6.07, 6.45) is 0. The van der Waals surface area contributed by atoms with E-state index in [1.165, 1.54) is 12.1 Å². The molecule has 0 aliphatic heterocycles. The van der Waals surface area contributed by atoms with Crippen LogP contribution in [0.5, 0.6) is 5.75 Å². The zero-order valence-electron chi connectivity index (χ0n) is 21.4. The number of nitrogens with zero attached hydrogens (tertiary/aromatic N) is 1. The first-order valence-corrected chi connectivity index (χ1v) is 13.9. The third-order valence-electron chi connectivity index (χ3n) is 6.92. The second kappa shape index (κ2) is 10.0. The number of halogens is 3. The molecule has 6 aromatic rings. The molecule has 1 N–H and O–H groups in total. The van der Waals surface area contributed by atoms with Gasteiger partial charge in [0, 0.05) is 27.8 Å². The Hall–Kier alpha value is -5.16. The maximum Gasteiger partial charge on any atom is 0.534 e. The number of para-hydroxylation sites is 2. The lowest BCUT2D eigenvalue weighted by molar-refractivity contribution is -0.383. The van der Waals surface area contributed by atoms with Crippen LogP contribution >= 0.6 is 0 Å². The molecule has 0 unspecified atom stereocenters. The maximum atomic E-state index is 13.5. The number of nitrogens with one attached hydrogen (secondary N) is 1. The average molecular weight is 589 g/mol. The van der Waals surface area contributed by atoms with E-state index in [9.17, 15) is 31.7 Å². The van der Waals surface area contributed by atoms with Crippen LogP contribution in [0.25, 0.3) is 54.5 Å². The molecule has 11 heteroatoms. The van der Waals surface area contributed by atoms with E-state index in [1.807, 2.05) is 18.2 Å². The molecule has 7 nitrogen and oxygen atoms in total. The number of hydrogen-bond acceptors (Lipinski definition) is 5. The summed E-state index contributed by atoms with van der Waals surface area (Å²) < 4.78 is 69.7. The molecule has 6 rings (SSSR count). The molecule has 0 saturated heterocycles. The normalized spacial score (nSPS) is 12.1.